The highest BCUT2D eigenvalue weighted by Gasteiger charge is 2.58. The zero-order chi connectivity index (χ0) is 11.2. The Balaban J connectivity index is 2.08. The van der Waals surface area contributed by atoms with Crippen molar-refractivity contribution in [2.45, 2.75) is 36.9 Å². The van der Waals surface area contributed by atoms with Crippen molar-refractivity contribution in [2.24, 2.45) is 0 Å². The van der Waals surface area contributed by atoms with Crippen LogP contribution < -0.4 is 0 Å². The second-order valence-corrected chi connectivity index (χ2v) is 4.67. The molecule has 3 heteroatoms. The molecule has 2 saturated heterocycles. The number of benzene rings is 1. The molecule has 1 aromatic carbocycles. The summed E-state index contributed by atoms with van der Waals surface area (Å²) < 4.78 is 5.72. The number of hydrogen-bond donors (Lipinski definition) is 1. The van der Waals surface area contributed by atoms with Gasteiger partial charge in [0.15, 0.2) is 0 Å². The fourth-order valence-corrected chi connectivity index (χ4v) is 3.10. The molecule has 0 aliphatic carbocycles. The lowest BCUT2D eigenvalue weighted by atomic mass is 9.69. The summed E-state index contributed by atoms with van der Waals surface area (Å²) in [5.41, 5.74) is 0.0826. The fraction of sp³-hybridized carbons (Fsp3) is 0.462. The summed E-state index contributed by atoms with van der Waals surface area (Å²) in [6, 6.07) is 9.50. The van der Waals surface area contributed by atoms with Crippen molar-refractivity contribution < 1.29 is 14.6 Å². The van der Waals surface area contributed by atoms with E-state index in [2.05, 4.69) is 0 Å². The molecule has 0 amide bonds. The molecule has 2 heterocycles. The summed E-state index contributed by atoms with van der Waals surface area (Å²) in [7, 11) is 0. The molecule has 2 bridgehead atoms. The predicted molar refractivity (Wildman–Crippen MR) is 58.3 cm³/mol. The Labute approximate surface area is 94.0 Å². The van der Waals surface area contributed by atoms with Crippen LogP contribution in [-0.2, 0) is 14.9 Å². The van der Waals surface area contributed by atoms with E-state index >= 15 is 0 Å². The van der Waals surface area contributed by atoms with E-state index in [1.54, 1.807) is 0 Å². The van der Waals surface area contributed by atoms with Crippen LogP contribution in [0.4, 0.5) is 0 Å². The molecule has 84 valence electrons. The third kappa shape index (κ3) is 1.15. The fourth-order valence-electron chi connectivity index (χ4n) is 3.10. The molecule has 3 rings (SSSR count). The van der Waals surface area contributed by atoms with Gasteiger partial charge in [0.2, 0.25) is 0 Å². The van der Waals surface area contributed by atoms with Crippen LogP contribution in [0.15, 0.2) is 30.3 Å². The summed E-state index contributed by atoms with van der Waals surface area (Å²) in [4.78, 5) is 11.6. The normalized spacial score (nSPS) is 36.5. The second-order valence-electron chi connectivity index (χ2n) is 4.67. The lowest BCUT2D eigenvalue weighted by Crippen LogP contribution is -2.44. The van der Waals surface area contributed by atoms with Gasteiger partial charge in [0.1, 0.15) is 5.41 Å². The first-order valence-corrected chi connectivity index (χ1v) is 5.68. The number of rotatable bonds is 2. The molecule has 3 nitrogen and oxygen atoms in total. The van der Waals surface area contributed by atoms with Gasteiger partial charge < -0.3 is 9.84 Å². The SMILES string of the molecule is O=C(O)C1(c2ccccc2)CC2CCC1O2. The summed E-state index contributed by atoms with van der Waals surface area (Å²) in [6.07, 6.45) is 2.49. The molecule has 3 unspecified atom stereocenters. The van der Waals surface area contributed by atoms with Gasteiger partial charge in [0.05, 0.1) is 12.2 Å². The van der Waals surface area contributed by atoms with E-state index in [-0.39, 0.29) is 12.2 Å². The Morgan fingerprint density at radius 3 is 2.56 bits per heavy atom. The number of carbonyl (C=O) groups is 1. The van der Waals surface area contributed by atoms with Crippen LogP contribution >= 0.6 is 0 Å². The molecule has 1 N–H and O–H groups in total. The van der Waals surface area contributed by atoms with Crippen molar-refractivity contribution >= 4 is 5.97 Å². The average Bonchev–Trinajstić information content (AvgIpc) is 2.90. The maximum absolute atomic E-state index is 11.6. The van der Waals surface area contributed by atoms with E-state index in [0.717, 1.165) is 18.4 Å². The van der Waals surface area contributed by atoms with E-state index in [1.807, 2.05) is 30.3 Å². The van der Waals surface area contributed by atoms with Gasteiger partial charge in [-0.05, 0) is 24.8 Å². The minimum absolute atomic E-state index is 0.140. The summed E-state index contributed by atoms with van der Waals surface area (Å²) in [6.45, 7) is 0. The minimum atomic E-state index is -0.801. The van der Waals surface area contributed by atoms with Crippen LogP contribution in [0.3, 0.4) is 0 Å². The Bertz CT molecular complexity index is 414. The maximum atomic E-state index is 11.6. The third-order valence-electron chi connectivity index (χ3n) is 3.88. The minimum Gasteiger partial charge on any atom is -0.481 e. The van der Waals surface area contributed by atoms with Crippen molar-refractivity contribution in [2.75, 3.05) is 0 Å². The largest absolute Gasteiger partial charge is 0.481 e. The molecule has 1 aromatic rings. The van der Waals surface area contributed by atoms with Gasteiger partial charge in [-0.3, -0.25) is 4.79 Å². The Kier molecular flexibility index (Phi) is 2.04. The summed E-state index contributed by atoms with van der Waals surface area (Å²) in [5, 5.41) is 9.56. The zero-order valence-corrected chi connectivity index (χ0v) is 8.93. The van der Waals surface area contributed by atoms with Crippen molar-refractivity contribution in [3.63, 3.8) is 0 Å². The summed E-state index contributed by atoms with van der Waals surface area (Å²) >= 11 is 0. The van der Waals surface area contributed by atoms with Gasteiger partial charge in [0.25, 0.3) is 0 Å². The van der Waals surface area contributed by atoms with Gasteiger partial charge in [0, 0.05) is 0 Å². The molecular weight excluding hydrogens is 204 g/mol. The third-order valence-corrected chi connectivity index (χ3v) is 3.88. The first-order valence-electron chi connectivity index (χ1n) is 5.68. The number of fused-ring (bicyclic) bond motifs is 2. The van der Waals surface area contributed by atoms with Crippen LogP contribution in [0, 0.1) is 0 Å². The standard InChI is InChI=1S/C13H14O3/c14-12(15)13(9-4-2-1-3-5-9)8-10-6-7-11(13)16-10/h1-5,10-11H,6-8H2,(H,14,15). The molecule has 2 aliphatic rings. The van der Waals surface area contributed by atoms with Crippen LogP contribution in [-0.4, -0.2) is 23.3 Å². The van der Waals surface area contributed by atoms with Crippen molar-refractivity contribution in [3.8, 4) is 0 Å². The number of carboxylic acids is 1. The molecule has 2 aliphatic heterocycles. The molecule has 2 fully saturated rings. The second kappa shape index (κ2) is 3.32. The molecule has 0 saturated carbocycles. The molecule has 0 spiro atoms. The van der Waals surface area contributed by atoms with Crippen LogP contribution in [0.5, 0.6) is 0 Å². The van der Waals surface area contributed by atoms with E-state index in [4.69, 9.17) is 4.74 Å². The smallest absolute Gasteiger partial charge is 0.316 e. The van der Waals surface area contributed by atoms with Crippen LogP contribution in [0.1, 0.15) is 24.8 Å². The lowest BCUT2D eigenvalue weighted by Gasteiger charge is -2.31. The monoisotopic (exact) mass is 218 g/mol. The van der Waals surface area contributed by atoms with Gasteiger partial charge in [-0.2, -0.15) is 0 Å². The van der Waals surface area contributed by atoms with Crippen LogP contribution in [0.2, 0.25) is 0 Å². The van der Waals surface area contributed by atoms with E-state index < -0.39 is 11.4 Å². The maximum Gasteiger partial charge on any atom is 0.316 e. The Morgan fingerprint density at radius 2 is 2.06 bits per heavy atom. The Hall–Kier alpha value is -1.35. The highest BCUT2D eigenvalue weighted by atomic mass is 16.5. The highest BCUT2D eigenvalue weighted by Crippen LogP contribution is 2.49. The molecule has 16 heavy (non-hydrogen) atoms. The highest BCUT2D eigenvalue weighted by molar-refractivity contribution is 5.83. The molecular formula is C13H14O3. The van der Waals surface area contributed by atoms with E-state index in [1.165, 1.54) is 0 Å². The number of ether oxygens (including phenoxy) is 1. The predicted octanol–water partition coefficient (Wildman–Crippen LogP) is 1.96. The number of carboxylic acid groups (broad SMARTS) is 1. The zero-order valence-electron chi connectivity index (χ0n) is 8.93. The molecule has 0 radical (unpaired) electrons. The first kappa shape index (κ1) is 9.85. The van der Waals surface area contributed by atoms with Gasteiger partial charge in [-0.1, -0.05) is 30.3 Å². The van der Waals surface area contributed by atoms with Crippen molar-refractivity contribution in [1.29, 1.82) is 0 Å². The average molecular weight is 218 g/mol. The number of aliphatic carboxylic acids is 1. The van der Waals surface area contributed by atoms with Crippen molar-refractivity contribution in [1.82, 2.24) is 0 Å². The van der Waals surface area contributed by atoms with Gasteiger partial charge >= 0.3 is 5.97 Å². The lowest BCUT2D eigenvalue weighted by molar-refractivity contribution is -0.146. The van der Waals surface area contributed by atoms with Crippen LogP contribution in [0.25, 0.3) is 0 Å². The topological polar surface area (TPSA) is 46.5 Å². The van der Waals surface area contributed by atoms with Crippen molar-refractivity contribution in [3.05, 3.63) is 35.9 Å². The molecule has 0 aromatic heterocycles. The van der Waals surface area contributed by atoms with E-state index in [9.17, 15) is 9.90 Å². The van der Waals surface area contributed by atoms with Gasteiger partial charge in [-0.15, -0.1) is 0 Å². The number of hydrogen-bond acceptors (Lipinski definition) is 2. The Morgan fingerprint density at radius 1 is 1.31 bits per heavy atom. The summed E-state index contributed by atoms with van der Waals surface area (Å²) in [5.74, 6) is -0.745. The van der Waals surface area contributed by atoms with Gasteiger partial charge in [-0.25, -0.2) is 0 Å². The molecule has 3 atom stereocenters. The van der Waals surface area contributed by atoms with E-state index in [0.29, 0.717) is 6.42 Å². The first-order chi connectivity index (χ1) is 7.73. The quantitative estimate of drug-likeness (QED) is 0.825.